The lowest BCUT2D eigenvalue weighted by atomic mass is 9.90. The SMILES string of the molecule is CC1(c2nnc(-c3ccc4c(c3)OCO4)o2)Cc2ccccc2C(=O)O1. The minimum absolute atomic E-state index is 0.196. The number of carbonyl (C=O) groups is 1. The van der Waals surface area contributed by atoms with Crippen molar-refractivity contribution in [1.29, 1.82) is 0 Å². The predicted molar refractivity (Wildman–Crippen MR) is 88.8 cm³/mol. The van der Waals surface area contributed by atoms with Crippen LogP contribution in [-0.4, -0.2) is 23.0 Å². The monoisotopic (exact) mass is 350 g/mol. The first kappa shape index (κ1) is 14.9. The number of ether oxygens (including phenoxy) is 3. The van der Waals surface area contributed by atoms with Crippen LogP contribution < -0.4 is 9.47 Å². The molecule has 2 aliphatic rings. The van der Waals surface area contributed by atoms with Crippen LogP contribution in [0, 0.1) is 0 Å². The van der Waals surface area contributed by atoms with Crippen LogP contribution in [0.5, 0.6) is 11.5 Å². The van der Waals surface area contributed by atoms with E-state index >= 15 is 0 Å². The summed E-state index contributed by atoms with van der Waals surface area (Å²) in [6, 6.07) is 12.8. The first-order valence-corrected chi connectivity index (χ1v) is 8.18. The molecule has 5 rings (SSSR count). The molecule has 2 aliphatic heterocycles. The molecule has 2 aromatic carbocycles. The summed E-state index contributed by atoms with van der Waals surface area (Å²) < 4.78 is 22.1. The second-order valence-electron chi connectivity index (χ2n) is 6.43. The maximum absolute atomic E-state index is 12.3. The Morgan fingerprint density at radius 2 is 1.88 bits per heavy atom. The average molecular weight is 350 g/mol. The molecule has 0 spiro atoms. The minimum atomic E-state index is -1.01. The Morgan fingerprint density at radius 3 is 2.81 bits per heavy atom. The van der Waals surface area contributed by atoms with Crippen molar-refractivity contribution in [1.82, 2.24) is 10.2 Å². The van der Waals surface area contributed by atoms with Gasteiger partial charge in [-0.2, -0.15) is 0 Å². The molecular formula is C19H14N2O5. The lowest BCUT2D eigenvalue weighted by molar-refractivity contribution is -0.0312. The Kier molecular flexibility index (Phi) is 3.06. The molecule has 3 aromatic rings. The van der Waals surface area contributed by atoms with Gasteiger partial charge < -0.3 is 18.6 Å². The zero-order valence-corrected chi connectivity index (χ0v) is 13.9. The maximum Gasteiger partial charge on any atom is 0.339 e. The average Bonchev–Trinajstić information content (AvgIpc) is 3.31. The molecule has 0 saturated heterocycles. The van der Waals surface area contributed by atoms with Crippen LogP contribution in [0.1, 0.15) is 28.7 Å². The molecular weight excluding hydrogens is 336 g/mol. The summed E-state index contributed by atoms with van der Waals surface area (Å²) in [5.74, 6) is 1.50. The summed E-state index contributed by atoms with van der Waals surface area (Å²) in [5, 5.41) is 8.23. The summed E-state index contributed by atoms with van der Waals surface area (Å²) in [5.41, 5.74) is 1.17. The van der Waals surface area contributed by atoms with Crippen molar-refractivity contribution in [2.45, 2.75) is 18.9 Å². The summed E-state index contributed by atoms with van der Waals surface area (Å²) >= 11 is 0. The van der Waals surface area contributed by atoms with Gasteiger partial charge >= 0.3 is 5.97 Å². The number of esters is 1. The third-order valence-electron chi connectivity index (χ3n) is 4.58. The molecule has 1 atom stereocenters. The Morgan fingerprint density at radius 1 is 1.04 bits per heavy atom. The van der Waals surface area contributed by atoms with E-state index in [0.717, 1.165) is 5.56 Å². The van der Waals surface area contributed by atoms with Crippen LogP contribution >= 0.6 is 0 Å². The van der Waals surface area contributed by atoms with E-state index < -0.39 is 11.6 Å². The summed E-state index contributed by atoms with van der Waals surface area (Å²) in [6.45, 7) is 1.97. The van der Waals surface area contributed by atoms with Gasteiger partial charge in [-0.15, -0.1) is 10.2 Å². The van der Waals surface area contributed by atoms with Gasteiger partial charge in [-0.25, -0.2) is 4.79 Å². The zero-order valence-electron chi connectivity index (χ0n) is 13.9. The predicted octanol–water partition coefficient (Wildman–Crippen LogP) is 3.09. The van der Waals surface area contributed by atoms with E-state index in [4.69, 9.17) is 18.6 Å². The summed E-state index contributed by atoms with van der Waals surface area (Å²) in [7, 11) is 0. The standard InChI is InChI=1S/C19H14N2O5/c1-19(9-12-4-2-3-5-13(12)17(22)26-19)18-21-20-16(25-18)11-6-7-14-15(8-11)24-10-23-14/h2-8H,9-10H2,1H3. The van der Waals surface area contributed by atoms with Gasteiger partial charge in [0.25, 0.3) is 5.89 Å². The normalized spacial score (nSPS) is 20.6. The van der Waals surface area contributed by atoms with Crippen LogP contribution in [0.25, 0.3) is 11.5 Å². The van der Waals surface area contributed by atoms with Crippen molar-refractivity contribution < 1.29 is 23.4 Å². The molecule has 3 heterocycles. The second-order valence-corrected chi connectivity index (χ2v) is 6.43. The Hall–Kier alpha value is -3.35. The maximum atomic E-state index is 12.3. The lowest BCUT2D eigenvalue weighted by Crippen LogP contribution is -2.36. The fourth-order valence-electron chi connectivity index (χ4n) is 3.24. The van der Waals surface area contributed by atoms with Crippen molar-refractivity contribution >= 4 is 5.97 Å². The highest BCUT2D eigenvalue weighted by atomic mass is 16.7. The van der Waals surface area contributed by atoms with Gasteiger partial charge in [-0.05, 0) is 36.8 Å². The van der Waals surface area contributed by atoms with E-state index in [1.807, 2.05) is 24.3 Å². The van der Waals surface area contributed by atoms with Crippen molar-refractivity contribution in [3.05, 3.63) is 59.5 Å². The molecule has 0 bridgehead atoms. The van der Waals surface area contributed by atoms with E-state index in [-0.39, 0.29) is 12.7 Å². The Labute approximate surface area is 148 Å². The van der Waals surface area contributed by atoms with Crippen LogP contribution in [0.4, 0.5) is 0 Å². The lowest BCUT2D eigenvalue weighted by Gasteiger charge is -2.31. The molecule has 130 valence electrons. The molecule has 0 N–H and O–H groups in total. The van der Waals surface area contributed by atoms with Gasteiger partial charge in [0, 0.05) is 12.0 Å². The van der Waals surface area contributed by atoms with E-state index in [0.29, 0.717) is 34.9 Å². The Bertz CT molecular complexity index is 1030. The number of aromatic nitrogens is 2. The highest BCUT2D eigenvalue weighted by Gasteiger charge is 2.42. The molecule has 7 nitrogen and oxygen atoms in total. The fraction of sp³-hybridized carbons (Fsp3) is 0.211. The van der Waals surface area contributed by atoms with Crippen molar-refractivity contribution in [3.63, 3.8) is 0 Å². The van der Waals surface area contributed by atoms with Crippen LogP contribution in [0.3, 0.4) is 0 Å². The van der Waals surface area contributed by atoms with E-state index in [9.17, 15) is 4.79 Å². The molecule has 1 unspecified atom stereocenters. The summed E-state index contributed by atoms with van der Waals surface area (Å²) in [4.78, 5) is 12.3. The second kappa shape index (κ2) is 5.32. The quantitative estimate of drug-likeness (QED) is 0.657. The topological polar surface area (TPSA) is 83.7 Å². The molecule has 26 heavy (non-hydrogen) atoms. The molecule has 0 amide bonds. The fourth-order valence-corrected chi connectivity index (χ4v) is 3.24. The van der Waals surface area contributed by atoms with Crippen molar-refractivity contribution in [3.8, 4) is 23.0 Å². The van der Waals surface area contributed by atoms with Crippen LogP contribution in [0.2, 0.25) is 0 Å². The van der Waals surface area contributed by atoms with Crippen molar-refractivity contribution in [2.75, 3.05) is 6.79 Å². The third-order valence-corrected chi connectivity index (χ3v) is 4.58. The van der Waals surface area contributed by atoms with E-state index in [1.165, 1.54) is 0 Å². The largest absolute Gasteiger partial charge is 0.454 e. The van der Waals surface area contributed by atoms with Gasteiger partial charge in [-0.1, -0.05) is 18.2 Å². The zero-order chi connectivity index (χ0) is 17.7. The van der Waals surface area contributed by atoms with Gasteiger partial charge in [0.05, 0.1) is 5.56 Å². The number of hydrogen-bond acceptors (Lipinski definition) is 7. The number of cyclic esters (lactones) is 1. The van der Waals surface area contributed by atoms with E-state index in [2.05, 4.69) is 10.2 Å². The molecule has 0 aliphatic carbocycles. The van der Waals surface area contributed by atoms with Crippen LogP contribution in [0.15, 0.2) is 46.9 Å². The first-order chi connectivity index (χ1) is 12.6. The molecule has 0 saturated carbocycles. The Balaban J connectivity index is 1.50. The number of fused-ring (bicyclic) bond motifs is 2. The minimum Gasteiger partial charge on any atom is -0.454 e. The highest BCUT2D eigenvalue weighted by Crippen LogP contribution is 2.38. The van der Waals surface area contributed by atoms with Gasteiger partial charge in [0.2, 0.25) is 12.7 Å². The number of carbonyl (C=O) groups excluding carboxylic acids is 1. The number of rotatable bonds is 2. The molecule has 0 fully saturated rings. The number of benzene rings is 2. The molecule has 7 heteroatoms. The molecule has 1 aromatic heterocycles. The smallest absolute Gasteiger partial charge is 0.339 e. The third kappa shape index (κ3) is 2.24. The number of nitrogens with zero attached hydrogens (tertiary/aromatic N) is 2. The van der Waals surface area contributed by atoms with Crippen molar-refractivity contribution in [2.24, 2.45) is 0 Å². The van der Waals surface area contributed by atoms with Gasteiger partial charge in [0.1, 0.15) is 0 Å². The van der Waals surface area contributed by atoms with E-state index in [1.54, 1.807) is 25.1 Å². The summed E-state index contributed by atoms with van der Waals surface area (Å²) in [6.07, 6.45) is 0.470. The first-order valence-electron chi connectivity index (χ1n) is 8.18. The molecule has 0 radical (unpaired) electrons. The highest BCUT2D eigenvalue weighted by molar-refractivity contribution is 5.92. The van der Waals surface area contributed by atoms with Gasteiger partial charge in [-0.3, -0.25) is 0 Å². The number of hydrogen-bond donors (Lipinski definition) is 0. The van der Waals surface area contributed by atoms with Crippen LogP contribution in [-0.2, 0) is 16.8 Å². The van der Waals surface area contributed by atoms with Gasteiger partial charge in [0.15, 0.2) is 17.1 Å².